The molecule has 116 valence electrons. The summed E-state index contributed by atoms with van der Waals surface area (Å²) in [6, 6.07) is 1.33. The molecule has 1 N–H and O–H groups in total. The van der Waals surface area contributed by atoms with E-state index < -0.39 is 23.5 Å². The lowest BCUT2D eigenvalue weighted by molar-refractivity contribution is -0.137. The number of nitrogens with one attached hydrogen (secondary N) is 1. The van der Waals surface area contributed by atoms with Gasteiger partial charge in [-0.25, -0.2) is 13.2 Å². The van der Waals surface area contributed by atoms with Crippen LogP contribution in [0.5, 0.6) is 0 Å². The van der Waals surface area contributed by atoms with E-state index >= 15 is 0 Å². The Bertz CT molecular complexity index is 496. The number of amides is 1. The van der Waals surface area contributed by atoms with E-state index in [1.54, 1.807) is 11.8 Å². The largest absolute Gasteiger partial charge is 0.378 e. The maximum absolute atomic E-state index is 13.1. The minimum absolute atomic E-state index is 0.0748. The third kappa shape index (κ3) is 3.95. The van der Waals surface area contributed by atoms with Crippen LogP contribution < -0.4 is 5.32 Å². The van der Waals surface area contributed by atoms with Gasteiger partial charge in [-0.1, -0.05) is 0 Å². The van der Waals surface area contributed by atoms with Crippen molar-refractivity contribution in [3.05, 3.63) is 35.1 Å². The van der Waals surface area contributed by atoms with Crippen molar-refractivity contribution in [1.82, 2.24) is 10.2 Å². The minimum Gasteiger partial charge on any atom is -0.378 e. The molecule has 0 aromatic heterocycles. The van der Waals surface area contributed by atoms with E-state index in [1.165, 1.54) is 0 Å². The van der Waals surface area contributed by atoms with Gasteiger partial charge in [-0.2, -0.15) is 0 Å². The summed E-state index contributed by atoms with van der Waals surface area (Å²) in [5, 5.41) is 2.88. The van der Waals surface area contributed by atoms with Gasteiger partial charge >= 0.3 is 0 Å². The van der Waals surface area contributed by atoms with Gasteiger partial charge in [0.05, 0.1) is 19.3 Å². The van der Waals surface area contributed by atoms with Gasteiger partial charge in [0.2, 0.25) is 5.91 Å². The van der Waals surface area contributed by atoms with Crippen LogP contribution in [0.25, 0.3) is 0 Å². The summed E-state index contributed by atoms with van der Waals surface area (Å²) in [6.45, 7) is 3.83. The molecule has 0 aliphatic carbocycles. The van der Waals surface area contributed by atoms with Gasteiger partial charge in [0.25, 0.3) is 0 Å². The molecule has 1 aromatic carbocycles. The molecule has 1 aliphatic heterocycles. The van der Waals surface area contributed by atoms with E-state index in [4.69, 9.17) is 4.74 Å². The molecule has 1 aromatic rings. The number of carbonyl (C=O) groups excluding carboxylic acids is 1. The van der Waals surface area contributed by atoms with Crippen molar-refractivity contribution >= 4 is 5.91 Å². The molecule has 7 heteroatoms. The van der Waals surface area contributed by atoms with Gasteiger partial charge < -0.3 is 15.0 Å². The highest BCUT2D eigenvalue weighted by atomic mass is 19.2. The van der Waals surface area contributed by atoms with Gasteiger partial charge in [0, 0.05) is 19.6 Å². The van der Waals surface area contributed by atoms with Crippen molar-refractivity contribution in [3.8, 4) is 0 Å². The summed E-state index contributed by atoms with van der Waals surface area (Å²) in [7, 11) is 0. The summed E-state index contributed by atoms with van der Waals surface area (Å²) in [5.74, 6) is -4.06. The Morgan fingerprint density at radius 3 is 2.43 bits per heavy atom. The first kappa shape index (κ1) is 15.8. The topological polar surface area (TPSA) is 41.6 Å². The lowest BCUT2D eigenvalue weighted by Gasteiger charge is -2.29. The number of ether oxygens (including phenoxy) is 1. The molecule has 0 bridgehead atoms. The lowest BCUT2D eigenvalue weighted by Crippen LogP contribution is -2.49. The molecule has 1 atom stereocenters. The van der Waals surface area contributed by atoms with Crippen molar-refractivity contribution in [2.24, 2.45) is 0 Å². The maximum atomic E-state index is 13.1. The lowest BCUT2D eigenvalue weighted by atomic mass is 10.2. The average molecular weight is 302 g/mol. The molecule has 1 saturated heterocycles. The van der Waals surface area contributed by atoms with Gasteiger partial charge in [0.1, 0.15) is 0 Å². The third-order valence-electron chi connectivity index (χ3n) is 3.35. The molecule has 1 aliphatic rings. The Morgan fingerprint density at radius 1 is 1.29 bits per heavy atom. The fourth-order valence-electron chi connectivity index (χ4n) is 2.13. The SMILES string of the molecule is CC(NCc1cc(F)c(F)c(F)c1)C(=O)N1CCOCC1. The third-order valence-corrected chi connectivity index (χ3v) is 3.35. The van der Waals surface area contributed by atoms with Crippen LogP contribution in [0.15, 0.2) is 12.1 Å². The molecule has 0 radical (unpaired) electrons. The van der Waals surface area contributed by atoms with Crippen LogP contribution in [0.4, 0.5) is 13.2 Å². The number of nitrogens with zero attached hydrogens (tertiary/aromatic N) is 1. The molecule has 1 heterocycles. The molecule has 4 nitrogen and oxygen atoms in total. The Kier molecular flexibility index (Phi) is 5.19. The van der Waals surface area contributed by atoms with Crippen molar-refractivity contribution in [3.63, 3.8) is 0 Å². The van der Waals surface area contributed by atoms with Crippen LogP contribution in [0.1, 0.15) is 12.5 Å². The molecule has 1 amide bonds. The zero-order valence-electron chi connectivity index (χ0n) is 11.7. The fraction of sp³-hybridized carbons (Fsp3) is 0.500. The van der Waals surface area contributed by atoms with Crippen molar-refractivity contribution in [2.75, 3.05) is 26.3 Å². The summed E-state index contributed by atoms with van der Waals surface area (Å²) < 4.78 is 44.2. The quantitative estimate of drug-likeness (QED) is 0.856. The van der Waals surface area contributed by atoms with Crippen LogP contribution in [-0.2, 0) is 16.1 Å². The predicted molar refractivity (Wildman–Crippen MR) is 70.0 cm³/mol. The van der Waals surface area contributed by atoms with Crippen LogP contribution in [0, 0.1) is 17.5 Å². The van der Waals surface area contributed by atoms with E-state index in [9.17, 15) is 18.0 Å². The molecular weight excluding hydrogens is 285 g/mol. The molecule has 1 unspecified atom stereocenters. The highest BCUT2D eigenvalue weighted by Gasteiger charge is 2.22. The van der Waals surface area contributed by atoms with Gasteiger partial charge in [0.15, 0.2) is 17.5 Å². The van der Waals surface area contributed by atoms with Crippen molar-refractivity contribution < 1.29 is 22.7 Å². The van der Waals surface area contributed by atoms with E-state index in [0.717, 1.165) is 12.1 Å². The summed E-state index contributed by atoms with van der Waals surface area (Å²) >= 11 is 0. The number of hydrogen-bond donors (Lipinski definition) is 1. The molecule has 0 saturated carbocycles. The monoisotopic (exact) mass is 302 g/mol. The zero-order chi connectivity index (χ0) is 15.4. The Labute approximate surface area is 120 Å². The number of benzene rings is 1. The molecule has 2 rings (SSSR count). The average Bonchev–Trinajstić information content (AvgIpc) is 2.50. The van der Waals surface area contributed by atoms with Gasteiger partial charge in [-0.05, 0) is 24.6 Å². The molecule has 1 fully saturated rings. The Hall–Kier alpha value is -1.60. The first-order valence-corrected chi connectivity index (χ1v) is 6.72. The second-order valence-electron chi connectivity index (χ2n) is 4.91. The van der Waals surface area contributed by atoms with Gasteiger partial charge in [-0.3, -0.25) is 4.79 Å². The van der Waals surface area contributed by atoms with Crippen molar-refractivity contribution in [2.45, 2.75) is 19.5 Å². The molecule has 0 spiro atoms. The van der Waals surface area contributed by atoms with Crippen LogP contribution in [0.2, 0.25) is 0 Å². The summed E-state index contributed by atoms with van der Waals surface area (Å²) in [6.07, 6.45) is 0. The van der Waals surface area contributed by atoms with E-state index in [-0.39, 0.29) is 18.0 Å². The van der Waals surface area contributed by atoms with E-state index in [1.807, 2.05) is 0 Å². The standard InChI is InChI=1S/C14H17F3N2O2/c1-9(14(20)19-2-4-21-5-3-19)18-8-10-6-11(15)13(17)12(16)7-10/h6-7,9,18H,2-5,8H2,1H3. The summed E-state index contributed by atoms with van der Waals surface area (Å²) in [4.78, 5) is 13.8. The Morgan fingerprint density at radius 2 is 1.86 bits per heavy atom. The highest BCUT2D eigenvalue weighted by molar-refractivity contribution is 5.81. The zero-order valence-corrected chi connectivity index (χ0v) is 11.7. The van der Waals surface area contributed by atoms with Gasteiger partial charge in [-0.15, -0.1) is 0 Å². The first-order chi connectivity index (χ1) is 9.99. The minimum atomic E-state index is -1.49. The normalized spacial score (nSPS) is 16.9. The van der Waals surface area contributed by atoms with E-state index in [2.05, 4.69) is 5.32 Å². The van der Waals surface area contributed by atoms with Crippen LogP contribution in [0.3, 0.4) is 0 Å². The molecular formula is C14H17F3N2O2. The number of morpholine rings is 1. The van der Waals surface area contributed by atoms with E-state index in [0.29, 0.717) is 26.3 Å². The van der Waals surface area contributed by atoms with Crippen LogP contribution in [-0.4, -0.2) is 43.2 Å². The highest BCUT2D eigenvalue weighted by Crippen LogP contribution is 2.13. The smallest absolute Gasteiger partial charge is 0.239 e. The first-order valence-electron chi connectivity index (χ1n) is 6.72. The summed E-state index contributed by atoms with van der Waals surface area (Å²) in [5.41, 5.74) is 0.244. The number of rotatable bonds is 4. The number of halogens is 3. The predicted octanol–water partition coefficient (Wildman–Crippen LogP) is 1.44. The molecule has 21 heavy (non-hydrogen) atoms. The second-order valence-corrected chi connectivity index (χ2v) is 4.91. The van der Waals surface area contributed by atoms with Crippen LogP contribution >= 0.6 is 0 Å². The fourth-order valence-corrected chi connectivity index (χ4v) is 2.13. The van der Waals surface area contributed by atoms with Crippen molar-refractivity contribution in [1.29, 1.82) is 0 Å². The number of hydrogen-bond acceptors (Lipinski definition) is 3. The second kappa shape index (κ2) is 6.91. The Balaban J connectivity index is 1.91. The maximum Gasteiger partial charge on any atom is 0.239 e. The number of carbonyl (C=O) groups is 1.